The molecule has 152 valence electrons. The van der Waals surface area contributed by atoms with Crippen LogP contribution >= 0.6 is 0 Å². The molecule has 1 saturated heterocycles. The monoisotopic (exact) mass is 398 g/mol. The summed E-state index contributed by atoms with van der Waals surface area (Å²) in [6.45, 7) is 7.04. The fourth-order valence-corrected chi connectivity index (χ4v) is 4.46. The second-order valence-electron chi connectivity index (χ2n) is 7.87. The Morgan fingerprint density at radius 3 is 2.70 bits per heavy atom. The average Bonchev–Trinajstić information content (AvgIpc) is 3.40. The van der Waals surface area contributed by atoms with Crippen LogP contribution in [-0.4, -0.2) is 41.8 Å². The van der Waals surface area contributed by atoms with Crippen LogP contribution in [-0.2, 0) is 0 Å². The number of hydrogen-bond acceptors (Lipinski definition) is 5. The number of allylic oxidation sites excluding steroid dienone is 1. The van der Waals surface area contributed by atoms with E-state index in [0.717, 1.165) is 48.1 Å². The number of nitrogens with zero attached hydrogens (tertiary/aromatic N) is 3. The van der Waals surface area contributed by atoms with E-state index in [2.05, 4.69) is 45.0 Å². The number of hydrogen-bond donors (Lipinski definition) is 1. The summed E-state index contributed by atoms with van der Waals surface area (Å²) in [6, 6.07) is 18.1. The van der Waals surface area contributed by atoms with Crippen molar-refractivity contribution in [2.45, 2.75) is 12.6 Å². The Bertz CT molecular complexity index is 994. The van der Waals surface area contributed by atoms with Crippen LogP contribution in [0.25, 0.3) is 5.70 Å². The summed E-state index contributed by atoms with van der Waals surface area (Å²) in [6.07, 6.45) is 9.32. The normalized spacial score (nSPS) is 22.9. The first-order valence-corrected chi connectivity index (χ1v) is 10.5. The van der Waals surface area contributed by atoms with Crippen molar-refractivity contribution in [1.82, 2.24) is 15.1 Å². The van der Waals surface area contributed by atoms with E-state index in [1.54, 1.807) is 0 Å². The maximum atomic E-state index is 5.94. The predicted octanol–water partition coefficient (Wildman–Crippen LogP) is 4.44. The summed E-state index contributed by atoms with van der Waals surface area (Å²) < 4.78 is 5.94. The van der Waals surface area contributed by atoms with E-state index in [1.807, 2.05) is 61.0 Å². The molecule has 0 aromatic heterocycles. The number of para-hydroxylation sites is 1. The summed E-state index contributed by atoms with van der Waals surface area (Å²) in [4.78, 5) is 9.18. The van der Waals surface area contributed by atoms with Gasteiger partial charge in [0.25, 0.3) is 0 Å². The minimum absolute atomic E-state index is 0.244. The maximum absolute atomic E-state index is 5.94. The van der Waals surface area contributed by atoms with Crippen molar-refractivity contribution in [1.29, 1.82) is 0 Å². The summed E-state index contributed by atoms with van der Waals surface area (Å²) in [5, 5.41) is 3.79. The van der Waals surface area contributed by atoms with E-state index in [9.17, 15) is 0 Å². The second-order valence-corrected chi connectivity index (χ2v) is 7.87. The van der Waals surface area contributed by atoms with Crippen LogP contribution in [0.15, 0.2) is 90.3 Å². The van der Waals surface area contributed by atoms with Crippen molar-refractivity contribution < 1.29 is 4.74 Å². The molecule has 1 fully saturated rings. The van der Waals surface area contributed by atoms with Gasteiger partial charge in [0.1, 0.15) is 17.7 Å². The van der Waals surface area contributed by atoms with Gasteiger partial charge in [0.2, 0.25) is 0 Å². The summed E-state index contributed by atoms with van der Waals surface area (Å²) in [7, 11) is 0. The molecule has 2 aromatic carbocycles. The van der Waals surface area contributed by atoms with Crippen molar-refractivity contribution in [3.63, 3.8) is 0 Å². The Balaban J connectivity index is 1.35. The number of ether oxygens (including phenoxy) is 1. The number of aliphatic imine (C=N–C) groups is 1. The highest BCUT2D eigenvalue weighted by Crippen LogP contribution is 2.35. The standard InChI is InChI=1S/C25H26N4O/c1-2-14-28-15-12-20(18-28)25-27-24(23-17-26-13-16-29(23)25)19-8-10-22(11-9-19)30-21-6-4-3-5-7-21/h2-11,13,16-17,20,25,27H,1,12,14-15,18H2. The quantitative estimate of drug-likeness (QED) is 0.730. The number of fused-ring (bicyclic) bond motifs is 1. The lowest BCUT2D eigenvalue weighted by molar-refractivity contribution is 0.242. The lowest BCUT2D eigenvalue weighted by atomic mass is 10.0. The number of rotatable bonds is 6. The Labute approximate surface area is 177 Å². The predicted molar refractivity (Wildman–Crippen MR) is 121 cm³/mol. The lowest BCUT2D eigenvalue weighted by Crippen LogP contribution is -2.42. The molecule has 30 heavy (non-hydrogen) atoms. The van der Waals surface area contributed by atoms with Crippen LogP contribution in [0.1, 0.15) is 12.0 Å². The summed E-state index contributed by atoms with van der Waals surface area (Å²) in [5.41, 5.74) is 3.39. The minimum atomic E-state index is 0.244. The molecule has 0 bridgehead atoms. The first kappa shape index (κ1) is 18.7. The zero-order valence-corrected chi connectivity index (χ0v) is 16.9. The number of likely N-dealkylation sites (tertiary alicyclic amines) is 1. The van der Waals surface area contributed by atoms with Crippen LogP contribution < -0.4 is 10.1 Å². The van der Waals surface area contributed by atoms with E-state index >= 15 is 0 Å². The highest BCUT2D eigenvalue weighted by atomic mass is 16.5. The highest BCUT2D eigenvalue weighted by molar-refractivity contribution is 5.92. The molecule has 2 unspecified atom stereocenters. The molecule has 0 radical (unpaired) electrons. The van der Waals surface area contributed by atoms with Gasteiger partial charge in [-0.25, -0.2) is 0 Å². The third-order valence-electron chi connectivity index (χ3n) is 5.90. The van der Waals surface area contributed by atoms with Crippen LogP contribution in [0.4, 0.5) is 0 Å². The number of benzene rings is 2. The van der Waals surface area contributed by atoms with Gasteiger partial charge in [-0.3, -0.25) is 9.89 Å². The van der Waals surface area contributed by atoms with Crippen molar-refractivity contribution in [2.24, 2.45) is 10.9 Å². The molecule has 0 saturated carbocycles. The molecular weight excluding hydrogens is 372 g/mol. The van der Waals surface area contributed by atoms with Crippen molar-refractivity contribution in [3.05, 3.63) is 90.9 Å². The largest absolute Gasteiger partial charge is 0.457 e. The Kier molecular flexibility index (Phi) is 5.11. The van der Waals surface area contributed by atoms with Crippen molar-refractivity contribution in [3.8, 4) is 11.5 Å². The van der Waals surface area contributed by atoms with Gasteiger partial charge in [-0.05, 0) is 49.4 Å². The van der Waals surface area contributed by atoms with Gasteiger partial charge in [0.05, 0.1) is 17.6 Å². The number of nitrogens with one attached hydrogen (secondary N) is 1. The molecule has 5 rings (SSSR count). The van der Waals surface area contributed by atoms with Gasteiger partial charge in [-0.1, -0.05) is 24.3 Å². The van der Waals surface area contributed by atoms with Gasteiger partial charge in [-0.15, -0.1) is 6.58 Å². The zero-order valence-electron chi connectivity index (χ0n) is 16.9. The molecule has 2 atom stereocenters. The molecule has 5 nitrogen and oxygen atoms in total. The van der Waals surface area contributed by atoms with Crippen molar-refractivity contribution >= 4 is 11.9 Å². The first-order valence-electron chi connectivity index (χ1n) is 10.5. The summed E-state index contributed by atoms with van der Waals surface area (Å²) >= 11 is 0. The Morgan fingerprint density at radius 2 is 1.90 bits per heavy atom. The van der Waals surface area contributed by atoms with Gasteiger partial charge in [0.15, 0.2) is 0 Å². The average molecular weight is 399 g/mol. The molecule has 5 heteroatoms. The van der Waals surface area contributed by atoms with E-state index in [4.69, 9.17) is 4.74 Å². The molecule has 0 amide bonds. The van der Waals surface area contributed by atoms with Gasteiger partial charge in [-0.2, -0.15) is 0 Å². The minimum Gasteiger partial charge on any atom is -0.457 e. The highest BCUT2D eigenvalue weighted by Gasteiger charge is 2.38. The lowest BCUT2D eigenvalue weighted by Gasteiger charge is -2.30. The summed E-state index contributed by atoms with van der Waals surface area (Å²) in [5.74, 6) is 2.22. The van der Waals surface area contributed by atoms with Crippen LogP contribution in [0, 0.1) is 5.92 Å². The third kappa shape index (κ3) is 3.64. The van der Waals surface area contributed by atoms with E-state index in [0.29, 0.717) is 5.92 Å². The van der Waals surface area contributed by atoms with Crippen molar-refractivity contribution in [2.75, 3.05) is 19.6 Å². The molecular formula is C25H26N4O. The Hall–Kier alpha value is -3.31. The van der Waals surface area contributed by atoms with Crippen LogP contribution in [0.3, 0.4) is 0 Å². The molecule has 2 aromatic rings. The second kappa shape index (κ2) is 8.20. The topological polar surface area (TPSA) is 40.1 Å². The smallest absolute Gasteiger partial charge is 0.127 e. The molecule has 0 spiro atoms. The molecule has 1 N–H and O–H groups in total. The van der Waals surface area contributed by atoms with Crippen LogP contribution in [0.5, 0.6) is 11.5 Å². The fraction of sp³-hybridized carbons (Fsp3) is 0.240. The van der Waals surface area contributed by atoms with E-state index in [1.165, 1.54) is 6.42 Å². The SMILES string of the molecule is C=CCN1CCC(C2NC(c3ccc(Oc4ccccc4)cc3)=C3C=NC=CN32)C1. The van der Waals surface area contributed by atoms with Gasteiger partial charge >= 0.3 is 0 Å². The zero-order chi connectivity index (χ0) is 20.3. The molecule has 3 aliphatic heterocycles. The first-order chi connectivity index (χ1) is 14.8. The van der Waals surface area contributed by atoms with Gasteiger partial charge < -0.3 is 15.0 Å². The fourth-order valence-electron chi connectivity index (χ4n) is 4.46. The maximum Gasteiger partial charge on any atom is 0.127 e. The molecule has 0 aliphatic carbocycles. The van der Waals surface area contributed by atoms with Gasteiger partial charge in [0, 0.05) is 37.0 Å². The van der Waals surface area contributed by atoms with E-state index in [-0.39, 0.29) is 6.17 Å². The third-order valence-corrected chi connectivity index (χ3v) is 5.90. The Morgan fingerprint density at radius 1 is 1.10 bits per heavy atom. The van der Waals surface area contributed by atoms with E-state index < -0.39 is 0 Å². The van der Waals surface area contributed by atoms with Crippen LogP contribution in [0.2, 0.25) is 0 Å². The molecule has 3 heterocycles. The molecule has 3 aliphatic rings.